The number of imide groups is 1. The number of sulfonamides is 1. The van der Waals surface area contributed by atoms with E-state index >= 15 is 0 Å². The van der Waals surface area contributed by atoms with Gasteiger partial charge in [0.25, 0.3) is 17.0 Å². The van der Waals surface area contributed by atoms with E-state index in [9.17, 15) is 18.0 Å². The Bertz CT molecular complexity index is 1300. The molecule has 3 aromatic rings. The fraction of sp³-hybridized carbons (Fsp3) is 0.273. The molecule has 0 radical (unpaired) electrons. The van der Waals surface area contributed by atoms with Crippen LogP contribution in [0.3, 0.4) is 0 Å². The van der Waals surface area contributed by atoms with Gasteiger partial charge in [0.05, 0.1) is 21.9 Å². The van der Waals surface area contributed by atoms with Crippen LogP contribution in [-0.2, 0) is 10.0 Å². The van der Waals surface area contributed by atoms with Gasteiger partial charge in [-0.3, -0.25) is 14.5 Å². The molecule has 0 unspecified atom stereocenters. The van der Waals surface area contributed by atoms with Crippen molar-refractivity contribution in [3.05, 3.63) is 59.7 Å². The van der Waals surface area contributed by atoms with E-state index in [0.717, 1.165) is 35.9 Å². The number of carbonyl (C=O) groups excluding carboxylic acids is 2. The van der Waals surface area contributed by atoms with E-state index in [2.05, 4.69) is 10.2 Å². The smallest absolute Gasteiger partial charge is 0.278 e. The van der Waals surface area contributed by atoms with Crippen LogP contribution in [-0.4, -0.2) is 58.6 Å². The summed E-state index contributed by atoms with van der Waals surface area (Å²) < 4.78 is 33.1. The summed E-state index contributed by atoms with van der Waals surface area (Å²) in [6, 6.07) is 13.1. The number of amides is 2. The second-order valence-corrected chi connectivity index (χ2v) is 10.6. The Morgan fingerprint density at radius 1 is 0.909 bits per heavy atom. The monoisotopic (exact) mass is 484 g/mol. The minimum Gasteiger partial charge on any atom is -0.411 e. The standard InChI is InChI=1S/C22H20N4O5S2/c27-20-17-9-2-3-10-18(17)21(28)26(20)14-32-22-24-23-19(31-22)15-7-6-8-16(13-15)33(29,30)25-11-4-1-5-12-25/h2-3,6-10,13H,1,4-5,11-12,14H2. The van der Waals surface area contributed by atoms with Crippen LogP contribution in [0.2, 0.25) is 0 Å². The van der Waals surface area contributed by atoms with Gasteiger partial charge in [0.15, 0.2) is 0 Å². The first-order valence-electron chi connectivity index (χ1n) is 10.5. The van der Waals surface area contributed by atoms with Crippen LogP contribution in [0.1, 0.15) is 40.0 Å². The number of fused-ring (bicyclic) bond motifs is 1. The number of benzene rings is 2. The predicted molar refractivity (Wildman–Crippen MR) is 120 cm³/mol. The second-order valence-electron chi connectivity index (χ2n) is 7.72. The Labute approximate surface area is 194 Å². The number of thioether (sulfide) groups is 1. The zero-order valence-corrected chi connectivity index (χ0v) is 19.1. The quantitative estimate of drug-likeness (QED) is 0.387. The van der Waals surface area contributed by atoms with Crippen LogP contribution in [0, 0.1) is 0 Å². The van der Waals surface area contributed by atoms with Crippen LogP contribution in [0.5, 0.6) is 0 Å². The molecule has 0 bridgehead atoms. The molecular formula is C22H20N4O5S2. The van der Waals surface area contributed by atoms with Crippen molar-refractivity contribution in [2.75, 3.05) is 19.0 Å². The maximum absolute atomic E-state index is 13.0. The van der Waals surface area contributed by atoms with Gasteiger partial charge >= 0.3 is 0 Å². The molecule has 1 saturated heterocycles. The maximum atomic E-state index is 13.0. The first-order chi connectivity index (χ1) is 15.9. The Morgan fingerprint density at radius 3 is 2.30 bits per heavy atom. The first kappa shape index (κ1) is 21.8. The van der Waals surface area contributed by atoms with Crippen molar-refractivity contribution in [2.45, 2.75) is 29.4 Å². The number of piperidine rings is 1. The van der Waals surface area contributed by atoms with Gasteiger partial charge in [0.1, 0.15) is 0 Å². The molecule has 0 saturated carbocycles. The molecule has 170 valence electrons. The molecule has 3 heterocycles. The summed E-state index contributed by atoms with van der Waals surface area (Å²) in [5.41, 5.74) is 1.23. The molecule has 9 nitrogen and oxygen atoms in total. The van der Waals surface area contributed by atoms with Crippen molar-refractivity contribution in [1.29, 1.82) is 0 Å². The van der Waals surface area contributed by atoms with Crippen LogP contribution in [0.25, 0.3) is 11.5 Å². The van der Waals surface area contributed by atoms with Gasteiger partial charge in [-0.1, -0.05) is 24.6 Å². The number of rotatable bonds is 6. The van der Waals surface area contributed by atoms with Crippen LogP contribution < -0.4 is 0 Å². The van der Waals surface area contributed by atoms with Crippen LogP contribution in [0.4, 0.5) is 0 Å². The third-order valence-corrected chi connectivity index (χ3v) is 8.33. The van der Waals surface area contributed by atoms with E-state index in [-0.39, 0.29) is 33.7 Å². The summed E-state index contributed by atoms with van der Waals surface area (Å²) in [5.74, 6) is -0.537. The highest BCUT2D eigenvalue weighted by molar-refractivity contribution is 7.99. The molecule has 11 heteroatoms. The molecule has 33 heavy (non-hydrogen) atoms. The average molecular weight is 485 g/mol. The summed E-state index contributed by atoms with van der Waals surface area (Å²) in [4.78, 5) is 26.3. The topological polar surface area (TPSA) is 114 Å². The Morgan fingerprint density at radius 2 is 1.61 bits per heavy atom. The number of hydrogen-bond acceptors (Lipinski definition) is 8. The number of carbonyl (C=O) groups is 2. The summed E-state index contributed by atoms with van der Waals surface area (Å²) in [7, 11) is -3.59. The molecule has 0 atom stereocenters. The molecular weight excluding hydrogens is 464 g/mol. The Kier molecular flexibility index (Phi) is 5.77. The second kappa shape index (κ2) is 8.73. The van der Waals surface area contributed by atoms with E-state index in [1.165, 1.54) is 10.4 Å². The molecule has 2 aliphatic heterocycles. The van der Waals surface area contributed by atoms with Gasteiger partial charge in [-0.05, 0) is 54.9 Å². The van der Waals surface area contributed by atoms with E-state index in [4.69, 9.17) is 4.42 Å². The van der Waals surface area contributed by atoms with Crippen molar-refractivity contribution in [1.82, 2.24) is 19.4 Å². The summed E-state index contributed by atoms with van der Waals surface area (Å²) in [5, 5.41) is 8.15. The highest BCUT2D eigenvalue weighted by Gasteiger charge is 2.35. The van der Waals surface area contributed by atoms with E-state index in [0.29, 0.717) is 29.8 Å². The molecule has 2 aromatic carbocycles. The predicted octanol–water partition coefficient (Wildman–Crippen LogP) is 3.26. The molecule has 1 fully saturated rings. The lowest BCUT2D eigenvalue weighted by Gasteiger charge is -2.25. The molecule has 0 spiro atoms. The maximum Gasteiger partial charge on any atom is 0.278 e. The highest BCUT2D eigenvalue weighted by atomic mass is 32.2. The lowest BCUT2D eigenvalue weighted by Crippen LogP contribution is -2.35. The normalized spacial score (nSPS) is 16.9. The van der Waals surface area contributed by atoms with Crippen molar-refractivity contribution in [3.8, 4) is 11.5 Å². The van der Waals surface area contributed by atoms with Gasteiger partial charge in [-0.2, -0.15) is 4.31 Å². The van der Waals surface area contributed by atoms with Crippen LogP contribution >= 0.6 is 11.8 Å². The van der Waals surface area contributed by atoms with Gasteiger partial charge in [0.2, 0.25) is 15.9 Å². The number of aromatic nitrogens is 2. The average Bonchev–Trinajstić information content (AvgIpc) is 3.42. The fourth-order valence-electron chi connectivity index (χ4n) is 3.90. The van der Waals surface area contributed by atoms with Crippen LogP contribution in [0.15, 0.2) is 63.1 Å². The molecule has 1 aromatic heterocycles. The number of nitrogens with zero attached hydrogens (tertiary/aromatic N) is 4. The molecule has 0 aliphatic carbocycles. The zero-order chi connectivity index (χ0) is 23.0. The number of hydrogen-bond donors (Lipinski definition) is 0. The van der Waals surface area contributed by atoms with E-state index in [1.807, 2.05) is 0 Å². The third kappa shape index (κ3) is 4.07. The Hall–Kier alpha value is -3.02. The van der Waals surface area contributed by atoms with Gasteiger partial charge in [-0.25, -0.2) is 8.42 Å². The van der Waals surface area contributed by atoms with Gasteiger partial charge < -0.3 is 4.42 Å². The first-order valence-corrected chi connectivity index (χ1v) is 12.9. The fourth-order valence-corrected chi connectivity index (χ4v) is 6.18. The third-order valence-electron chi connectivity index (χ3n) is 5.64. The molecule has 0 N–H and O–H groups in total. The van der Waals surface area contributed by atoms with Crippen molar-refractivity contribution in [2.24, 2.45) is 0 Å². The van der Waals surface area contributed by atoms with Crippen molar-refractivity contribution >= 4 is 33.6 Å². The zero-order valence-electron chi connectivity index (χ0n) is 17.5. The summed E-state index contributed by atoms with van der Waals surface area (Å²) >= 11 is 1.06. The van der Waals surface area contributed by atoms with Gasteiger partial charge in [0, 0.05) is 18.7 Å². The molecule has 2 aliphatic rings. The highest BCUT2D eigenvalue weighted by Crippen LogP contribution is 2.29. The van der Waals surface area contributed by atoms with Crippen molar-refractivity contribution < 1.29 is 22.4 Å². The van der Waals surface area contributed by atoms with E-state index in [1.54, 1.807) is 42.5 Å². The molecule has 2 amide bonds. The summed E-state index contributed by atoms with van der Waals surface area (Å²) in [6.07, 6.45) is 2.75. The Balaban J connectivity index is 1.30. The van der Waals surface area contributed by atoms with Crippen molar-refractivity contribution in [3.63, 3.8) is 0 Å². The lowest BCUT2D eigenvalue weighted by molar-refractivity contribution is 0.0684. The van der Waals surface area contributed by atoms with E-state index < -0.39 is 10.0 Å². The summed E-state index contributed by atoms with van der Waals surface area (Å²) in [6.45, 7) is 1.04. The molecule has 5 rings (SSSR count). The lowest BCUT2D eigenvalue weighted by atomic mass is 10.1. The minimum atomic E-state index is -3.59. The largest absolute Gasteiger partial charge is 0.411 e. The minimum absolute atomic E-state index is 0.0252. The SMILES string of the molecule is O=C1c2ccccc2C(=O)N1CSc1nnc(-c2cccc(S(=O)(=O)N3CCCCC3)c2)o1. The van der Waals surface area contributed by atoms with Gasteiger partial charge in [-0.15, -0.1) is 10.2 Å².